The normalized spacial score (nSPS) is 11.1. The molecule has 0 bridgehead atoms. The second-order valence-electron chi connectivity index (χ2n) is 6.68. The second-order valence-corrected chi connectivity index (χ2v) is 7.60. The van der Waals surface area contributed by atoms with E-state index in [9.17, 15) is 9.59 Å². The van der Waals surface area contributed by atoms with Crippen LogP contribution in [0.25, 0.3) is 15.9 Å². The number of H-pyrrole nitrogens is 1. The van der Waals surface area contributed by atoms with Gasteiger partial charge in [0.15, 0.2) is 0 Å². The van der Waals surface area contributed by atoms with Gasteiger partial charge in [0.2, 0.25) is 0 Å². The second kappa shape index (κ2) is 7.09. The molecule has 0 aliphatic carbocycles. The maximum Gasteiger partial charge on any atom is 0.340 e. The highest BCUT2D eigenvalue weighted by atomic mass is 32.1. The Kier molecular flexibility index (Phi) is 4.60. The van der Waals surface area contributed by atoms with Crippen LogP contribution in [0.5, 0.6) is 0 Å². The van der Waals surface area contributed by atoms with Gasteiger partial charge in [-0.2, -0.15) is 0 Å². The highest BCUT2D eigenvalue weighted by molar-refractivity contribution is 7.17. The van der Waals surface area contributed by atoms with Gasteiger partial charge in [-0.1, -0.05) is 17.7 Å². The van der Waals surface area contributed by atoms with Crippen LogP contribution in [-0.4, -0.2) is 20.5 Å². The molecule has 6 nitrogen and oxygen atoms in total. The molecule has 3 aromatic heterocycles. The predicted molar refractivity (Wildman–Crippen MR) is 109 cm³/mol. The van der Waals surface area contributed by atoms with Crippen molar-refractivity contribution in [3.63, 3.8) is 0 Å². The number of nitrogens with zero attached hydrogens (tertiary/aromatic N) is 2. The van der Waals surface area contributed by atoms with Crippen LogP contribution in [0, 0.1) is 20.8 Å². The summed E-state index contributed by atoms with van der Waals surface area (Å²) in [5.41, 5.74) is 4.81. The van der Waals surface area contributed by atoms with Crippen molar-refractivity contribution in [2.75, 3.05) is 0 Å². The first-order chi connectivity index (χ1) is 13.4. The van der Waals surface area contributed by atoms with Crippen LogP contribution in [0.2, 0.25) is 0 Å². The molecule has 0 aliphatic rings. The van der Waals surface area contributed by atoms with E-state index in [-0.39, 0.29) is 12.2 Å². The van der Waals surface area contributed by atoms with E-state index < -0.39 is 5.97 Å². The van der Waals surface area contributed by atoms with Crippen LogP contribution < -0.4 is 5.56 Å². The van der Waals surface area contributed by atoms with Gasteiger partial charge in [0, 0.05) is 17.1 Å². The molecule has 0 spiro atoms. The molecule has 3 heterocycles. The third-order valence-corrected chi connectivity index (χ3v) is 5.55. The van der Waals surface area contributed by atoms with Gasteiger partial charge in [-0.05, 0) is 50.4 Å². The Bertz CT molecular complexity index is 1230. The number of aromatic nitrogens is 3. The summed E-state index contributed by atoms with van der Waals surface area (Å²) in [4.78, 5) is 31.7. The van der Waals surface area contributed by atoms with Crippen molar-refractivity contribution in [1.29, 1.82) is 0 Å². The summed E-state index contributed by atoms with van der Waals surface area (Å²) >= 11 is 1.33. The fraction of sp³-hybridized carbons (Fsp3) is 0.190. The van der Waals surface area contributed by atoms with E-state index in [0.29, 0.717) is 21.6 Å². The number of benzene rings is 1. The van der Waals surface area contributed by atoms with Crippen LogP contribution in [0.15, 0.2) is 46.6 Å². The number of aryl methyl sites for hydroxylation is 2. The van der Waals surface area contributed by atoms with E-state index in [1.807, 2.05) is 61.1 Å². The number of carbonyl (C=O) groups excluding carboxylic acids is 1. The van der Waals surface area contributed by atoms with Crippen molar-refractivity contribution >= 4 is 27.5 Å². The maximum atomic E-state index is 12.6. The fourth-order valence-electron chi connectivity index (χ4n) is 3.26. The Morgan fingerprint density at radius 2 is 1.93 bits per heavy atom. The highest BCUT2D eigenvalue weighted by Gasteiger charge is 2.18. The molecule has 0 atom stereocenters. The van der Waals surface area contributed by atoms with E-state index in [0.717, 1.165) is 17.1 Å². The summed E-state index contributed by atoms with van der Waals surface area (Å²) in [7, 11) is 0. The number of aromatic amines is 1. The standard InChI is InChI=1S/C21H19N3O3S/c1-12-4-6-15(7-5-12)24-13(2)10-16(14(24)3)21(26)27-11-18-22-17-8-9-28-19(17)20(25)23-18/h4-10H,11H2,1-3H3,(H,22,23,25). The lowest BCUT2D eigenvalue weighted by atomic mass is 10.2. The maximum absolute atomic E-state index is 12.6. The zero-order valence-corrected chi connectivity index (χ0v) is 16.6. The Labute approximate surface area is 165 Å². The largest absolute Gasteiger partial charge is 0.454 e. The number of esters is 1. The summed E-state index contributed by atoms with van der Waals surface area (Å²) in [6, 6.07) is 11.7. The number of ether oxygens (including phenoxy) is 1. The summed E-state index contributed by atoms with van der Waals surface area (Å²) in [6.07, 6.45) is 0. The monoisotopic (exact) mass is 393 g/mol. The number of carbonyl (C=O) groups is 1. The van der Waals surface area contributed by atoms with E-state index >= 15 is 0 Å². The number of nitrogens with one attached hydrogen (secondary N) is 1. The average Bonchev–Trinajstić information content (AvgIpc) is 3.25. The summed E-state index contributed by atoms with van der Waals surface area (Å²) < 4.78 is 8.01. The fourth-order valence-corrected chi connectivity index (χ4v) is 3.99. The zero-order valence-electron chi connectivity index (χ0n) is 15.8. The van der Waals surface area contributed by atoms with Gasteiger partial charge < -0.3 is 14.3 Å². The van der Waals surface area contributed by atoms with Crippen LogP contribution >= 0.6 is 11.3 Å². The predicted octanol–water partition coefficient (Wildman–Crippen LogP) is 4.06. The van der Waals surface area contributed by atoms with Gasteiger partial charge in [0.1, 0.15) is 17.1 Å². The van der Waals surface area contributed by atoms with Crippen molar-refractivity contribution in [3.8, 4) is 5.69 Å². The quantitative estimate of drug-likeness (QED) is 0.531. The molecule has 1 aromatic carbocycles. The van der Waals surface area contributed by atoms with Crippen molar-refractivity contribution in [2.45, 2.75) is 27.4 Å². The number of hydrogen-bond acceptors (Lipinski definition) is 5. The molecule has 0 aliphatic heterocycles. The summed E-state index contributed by atoms with van der Waals surface area (Å²) in [5, 5.41) is 1.81. The third-order valence-electron chi connectivity index (χ3n) is 4.65. The molecule has 4 rings (SSSR count). The third kappa shape index (κ3) is 3.25. The van der Waals surface area contributed by atoms with Gasteiger partial charge in [-0.3, -0.25) is 4.79 Å². The molecule has 142 valence electrons. The highest BCUT2D eigenvalue weighted by Crippen LogP contribution is 2.22. The minimum absolute atomic E-state index is 0.0892. The number of hydrogen-bond donors (Lipinski definition) is 1. The zero-order chi connectivity index (χ0) is 19.8. The Morgan fingerprint density at radius 3 is 2.68 bits per heavy atom. The van der Waals surface area contributed by atoms with Gasteiger partial charge in [0.25, 0.3) is 5.56 Å². The SMILES string of the molecule is Cc1ccc(-n2c(C)cc(C(=O)OCc3nc4ccsc4c(=O)[nH]3)c2C)cc1. The van der Waals surface area contributed by atoms with E-state index in [1.165, 1.54) is 16.9 Å². The molecular weight excluding hydrogens is 374 g/mol. The summed E-state index contributed by atoms with van der Waals surface area (Å²) in [6.45, 7) is 5.79. The first kappa shape index (κ1) is 18.2. The van der Waals surface area contributed by atoms with Crippen molar-refractivity contribution < 1.29 is 9.53 Å². The van der Waals surface area contributed by atoms with Crippen LogP contribution in [-0.2, 0) is 11.3 Å². The molecule has 28 heavy (non-hydrogen) atoms. The molecule has 0 saturated heterocycles. The number of fused-ring (bicyclic) bond motifs is 1. The number of rotatable bonds is 4. The molecule has 0 fully saturated rings. The minimum atomic E-state index is -0.445. The molecule has 0 saturated carbocycles. The molecule has 0 amide bonds. The van der Waals surface area contributed by atoms with Gasteiger partial charge in [0.05, 0.1) is 11.1 Å². The lowest BCUT2D eigenvalue weighted by Crippen LogP contribution is -2.14. The topological polar surface area (TPSA) is 77.0 Å². The molecule has 1 N–H and O–H groups in total. The lowest BCUT2D eigenvalue weighted by Gasteiger charge is -2.10. The van der Waals surface area contributed by atoms with Crippen molar-refractivity contribution in [1.82, 2.24) is 14.5 Å². The minimum Gasteiger partial charge on any atom is -0.454 e. The number of thiophene rings is 1. The Balaban J connectivity index is 1.57. The smallest absolute Gasteiger partial charge is 0.340 e. The summed E-state index contributed by atoms with van der Waals surface area (Å²) in [5.74, 6) is -0.115. The Hall–Kier alpha value is -3.19. The molecule has 0 unspecified atom stereocenters. The van der Waals surface area contributed by atoms with Gasteiger partial charge in [-0.25, -0.2) is 9.78 Å². The van der Waals surface area contributed by atoms with Crippen molar-refractivity contribution in [3.05, 3.63) is 80.5 Å². The molecule has 7 heteroatoms. The van der Waals surface area contributed by atoms with E-state index in [1.54, 1.807) is 6.07 Å². The first-order valence-electron chi connectivity index (χ1n) is 8.83. The molecule has 4 aromatic rings. The van der Waals surface area contributed by atoms with Crippen LogP contribution in [0.1, 0.15) is 33.1 Å². The van der Waals surface area contributed by atoms with Gasteiger partial charge in [-0.15, -0.1) is 11.3 Å². The van der Waals surface area contributed by atoms with Crippen molar-refractivity contribution in [2.24, 2.45) is 0 Å². The lowest BCUT2D eigenvalue weighted by molar-refractivity contribution is 0.0461. The van der Waals surface area contributed by atoms with Crippen LogP contribution in [0.3, 0.4) is 0 Å². The Morgan fingerprint density at radius 1 is 1.18 bits per heavy atom. The van der Waals surface area contributed by atoms with Crippen LogP contribution in [0.4, 0.5) is 0 Å². The van der Waals surface area contributed by atoms with Gasteiger partial charge >= 0.3 is 5.97 Å². The van der Waals surface area contributed by atoms with E-state index in [4.69, 9.17) is 4.74 Å². The molecular formula is C21H19N3O3S. The van der Waals surface area contributed by atoms with E-state index in [2.05, 4.69) is 9.97 Å². The first-order valence-corrected chi connectivity index (χ1v) is 9.71. The average molecular weight is 393 g/mol. The molecule has 0 radical (unpaired) electrons.